The van der Waals surface area contributed by atoms with E-state index in [-0.39, 0.29) is 11.7 Å². The van der Waals surface area contributed by atoms with Gasteiger partial charge in [-0.1, -0.05) is 0 Å². The first-order valence-corrected chi connectivity index (χ1v) is 5.90. The fourth-order valence-corrected chi connectivity index (χ4v) is 2.87. The van der Waals surface area contributed by atoms with Gasteiger partial charge in [0.25, 0.3) is 0 Å². The maximum absolute atomic E-state index is 12.0. The van der Waals surface area contributed by atoms with Gasteiger partial charge in [0.05, 0.1) is 0 Å². The molecular formula is C12H21NO2. The Morgan fingerprint density at radius 2 is 2.00 bits per heavy atom. The van der Waals surface area contributed by atoms with Gasteiger partial charge in [-0.3, -0.25) is 0 Å². The Labute approximate surface area is 91.8 Å². The van der Waals surface area contributed by atoms with Gasteiger partial charge in [0.15, 0.2) is 0 Å². The molecule has 2 bridgehead atoms. The third-order valence-corrected chi connectivity index (χ3v) is 3.56. The lowest BCUT2D eigenvalue weighted by Crippen LogP contribution is -2.45. The maximum atomic E-state index is 12.0. The highest BCUT2D eigenvalue weighted by Gasteiger charge is 2.46. The van der Waals surface area contributed by atoms with E-state index in [0.29, 0.717) is 18.0 Å². The molecule has 0 N–H and O–H groups in total. The van der Waals surface area contributed by atoms with Gasteiger partial charge in [-0.15, -0.1) is 0 Å². The predicted octanol–water partition coefficient (Wildman–Crippen LogP) is 2.79. The van der Waals surface area contributed by atoms with Gasteiger partial charge in [-0.05, 0) is 52.9 Å². The van der Waals surface area contributed by atoms with Crippen LogP contribution in [0.3, 0.4) is 0 Å². The first-order chi connectivity index (χ1) is 6.88. The Balaban J connectivity index is 2.02. The molecule has 2 rings (SSSR count). The Bertz CT molecular complexity index is 267. The fraction of sp³-hybridized carbons (Fsp3) is 0.917. The molecule has 15 heavy (non-hydrogen) atoms. The van der Waals surface area contributed by atoms with Crippen molar-refractivity contribution in [2.75, 3.05) is 0 Å². The van der Waals surface area contributed by atoms with Crippen LogP contribution < -0.4 is 0 Å². The van der Waals surface area contributed by atoms with Gasteiger partial charge in [-0.2, -0.15) is 0 Å². The minimum Gasteiger partial charge on any atom is -0.444 e. The van der Waals surface area contributed by atoms with E-state index in [9.17, 15) is 4.79 Å². The number of hydrogen-bond donors (Lipinski definition) is 0. The Morgan fingerprint density at radius 1 is 1.33 bits per heavy atom. The van der Waals surface area contributed by atoms with Gasteiger partial charge in [0.1, 0.15) is 5.60 Å². The number of piperidine rings is 1. The molecule has 0 aromatic rings. The zero-order valence-corrected chi connectivity index (χ0v) is 10.1. The van der Waals surface area contributed by atoms with Crippen LogP contribution in [0, 0.1) is 5.92 Å². The van der Waals surface area contributed by atoms with Crippen LogP contribution >= 0.6 is 0 Å². The molecule has 3 unspecified atom stereocenters. The monoisotopic (exact) mass is 211 g/mol. The molecule has 1 saturated carbocycles. The van der Waals surface area contributed by atoms with E-state index < -0.39 is 0 Å². The van der Waals surface area contributed by atoms with Crippen LogP contribution in [0.2, 0.25) is 0 Å². The predicted molar refractivity (Wildman–Crippen MR) is 58.7 cm³/mol. The fourth-order valence-electron chi connectivity index (χ4n) is 2.87. The first kappa shape index (κ1) is 10.8. The molecule has 0 aromatic carbocycles. The van der Waals surface area contributed by atoms with E-state index in [2.05, 4.69) is 6.92 Å². The van der Waals surface area contributed by atoms with Crippen LogP contribution in [0.15, 0.2) is 0 Å². The van der Waals surface area contributed by atoms with Crippen LogP contribution in [-0.4, -0.2) is 28.7 Å². The Kier molecular flexibility index (Phi) is 2.44. The van der Waals surface area contributed by atoms with Crippen molar-refractivity contribution in [1.82, 2.24) is 4.90 Å². The molecule has 2 aliphatic rings. The van der Waals surface area contributed by atoms with Crippen molar-refractivity contribution in [1.29, 1.82) is 0 Å². The van der Waals surface area contributed by atoms with Crippen molar-refractivity contribution in [3.63, 3.8) is 0 Å². The summed E-state index contributed by atoms with van der Waals surface area (Å²) in [5.74, 6) is 0.711. The summed E-state index contributed by atoms with van der Waals surface area (Å²) in [4.78, 5) is 13.9. The number of likely N-dealkylation sites (tertiary alicyclic amines) is 1. The molecule has 3 atom stereocenters. The topological polar surface area (TPSA) is 29.5 Å². The third-order valence-electron chi connectivity index (χ3n) is 3.56. The second-order valence-electron chi connectivity index (χ2n) is 5.86. The second-order valence-corrected chi connectivity index (χ2v) is 5.86. The molecule has 1 saturated heterocycles. The summed E-state index contributed by atoms with van der Waals surface area (Å²) < 4.78 is 5.43. The van der Waals surface area contributed by atoms with E-state index in [1.54, 1.807) is 0 Å². The van der Waals surface area contributed by atoms with Crippen molar-refractivity contribution in [2.24, 2.45) is 5.92 Å². The van der Waals surface area contributed by atoms with Crippen LogP contribution in [0.4, 0.5) is 4.79 Å². The van der Waals surface area contributed by atoms with Crippen LogP contribution in [0.5, 0.6) is 0 Å². The summed E-state index contributed by atoms with van der Waals surface area (Å²) in [6.45, 7) is 7.91. The maximum Gasteiger partial charge on any atom is 0.410 e. The zero-order valence-electron chi connectivity index (χ0n) is 10.1. The highest BCUT2D eigenvalue weighted by atomic mass is 16.6. The second kappa shape index (κ2) is 3.39. The number of fused-ring (bicyclic) bond motifs is 2. The van der Waals surface area contributed by atoms with Crippen molar-refractivity contribution >= 4 is 6.09 Å². The number of amides is 1. The standard InChI is InChI=1S/C12H21NO2/c1-8-9-5-6-10(7-9)13(8)11(14)15-12(2,3)4/h8-10H,5-7H2,1-4H3. The Hall–Kier alpha value is -0.730. The van der Waals surface area contributed by atoms with Crippen LogP contribution in [0.1, 0.15) is 47.0 Å². The number of nitrogens with zero attached hydrogens (tertiary/aromatic N) is 1. The number of carbonyl (C=O) groups excluding carboxylic acids is 1. The third kappa shape index (κ3) is 1.97. The average Bonchev–Trinajstić information content (AvgIpc) is 2.59. The molecule has 3 nitrogen and oxygen atoms in total. The van der Waals surface area contributed by atoms with Gasteiger partial charge in [0.2, 0.25) is 0 Å². The SMILES string of the molecule is CC1C2CCC(C2)N1C(=O)OC(C)(C)C. The number of carbonyl (C=O) groups is 1. The van der Waals surface area contributed by atoms with Gasteiger partial charge < -0.3 is 9.64 Å². The molecule has 0 aromatic heterocycles. The summed E-state index contributed by atoms with van der Waals surface area (Å²) in [7, 11) is 0. The molecule has 1 amide bonds. The highest BCUT2D eigenvalue weighted by molar-refractivity contribution is 5.69. The quantitative estimate of drug-likeness (QED) is 0.616. The highest BCUT2D eigenvalue weighted by Crippen LogP contribution is 2.42. The molecule has 1 aliphatic carbocycles. The molecule has 1 heterocycles. The number of rotatable bonds is 0. The van der Waals surface area contributed by atoms with Gasteiger partial charge >= 0.3 is 6.09 Å². The molecule has 86 valence electrons. The lowest BCUT2D eigenvalue weighted by Gasteiger charge is -2.34. The van der Waals surface area contributed by atoms with E-state index in [1.165, 1.54) is 12.8 Å². The summed E-state index contributed by atoms with van der Waals surface area (Å²) >= 11 is 0. The van der Waals surface area contributed by atoms with Gasteiger partial charge in [-0.25, -0.2) is 4.79 Å². The number of ether oxygens (including phenoxy) is 1. The summed E-state index contributed by atoms with van der Waals surface area (Å²) in [6, 6.07) is 0.818. The lowest BCUT2D eigenvalue weighted by atomic mass is 10.0. The van der Waals surface area contributed by atoms with Crippen LogP contribution in [0.25, 0.3) is 0 Å². The first-order valence-electron chi connectivity index (χ1n) is 5.90. The van der Waals surface area contributed by atoms with E-state index >= 15 is 0 Å². The normalized spacial score (nSPS) is 34.7. The lowest BCUT2D eigenvalue weighted by molar-refractivity contribution is 0.00971. The van der Waals surface area contributed by atoms with Crippen molar-refractivity contribution in [3.8, 4) is 0 Å². The van der Waals surface area contributed by atoms with E-state index in [4.69, 9.17) is 4.74 Å². The smallest absolute Gasteiger partial charge is 0.410 e. The van der Waals surface area contributed by atoms with E-state index in [1.807, 2.05) is 25.7 Å². The molecule has 0 spiro atoms. The Morgan fingerprint density at radius 3 is 2.47 bits per heavy atom. The van der Waals surface area contributed by atoms with Gasteiger partial charge in [0, 0.05) is 12.1 Å². The summed E-state index contributed by atoms with van der Waals surface area (Å²) in [5, 5.41) is 0. The minimum atomic E-state index is -0.376. The number of hydrogen-bond acceptors (Lipinski definition) is 2. The molecule has 0 radical (unpaired) electrons. The van der Waals surface area contributed by atoms with Crippen molar-refractivity contribution in [3.05, 3.63) is 0 Å². The molecule has 1 aliphatic heterocycles. The van der Waals surface area contributed by atoms with Crippen molar-refractivity contribution < 1.29 is 9.53 Å². The summed E-state index contributed by atoms with van der Waals surface area (Å²) in [5.41, 5.74) is -0.376. The van der Waals surface area contributed by atoms with E-state index in [0.717, 1.165) is 6.42 Å². The van der Waals surface area contributed by atoms with Crippen LogP contribution in [-0.2, 0) is 4.74 Å². The average molecular weight is 211 g/mol. The molecular weight excluding hydrogens is 190 g/mol. The molecule has 2 fully saturated rings. The zero-order chi connectivity index (χ0) is 11.2. The van der Waals surface area contributed by atoms with Crippen molar-refractivity contribution in [2.45, 2.75) is 64.6 Å². The largest absolute Gasteiger partial charge is 0.444 e. The molecule has 3 heteroatoms. The summed E-state index contributed by atoms with van der Waals surface area (Å²) in [6.07, 6.45) is 3.50. The minimum absolute atomic E-state index is 0.123.